The highest BCUT2D eigenvalue weighted by Gasteiger charge is 2.70. The van der Waals surface area contributed by atoms with Crippen molar-refractivity contribution < 1.29 is 0 Å². The lowest BCUT2D eigenvalue weighted by Gasteiger charge is -2.21. The van der Waals surface area contributed by atoms with Gasteiger partial charge in [0.05, 0.1) is 0 Å². The molecule has 2 saturated heterocycles. The van der Waals surface area contributed by atoms with Crippen LogP contribution in [0.15, 0.2) is 24.3 Å². The lowest BCUT2D eigenvalue weighted by Crippen LogP contribution is -2.34. The molecule has 2 N–H and O–H groups in total. The van der Waals surface area contributed by atoms with Crippen LogP contribution in [0.5, 0.6) is 0 Å². The van der Waals surface area contributed by atoms with E-state index in [-0.39, 0.29) is 11.0 Å². The van der Waals surface area contributed by atoms with E-state index in [4.69, 9.17) is 5.73 Å². The molecule has 1 aromatic rings. The van der Waals surface area contributed by atoms with Crippen molar-refractivity contribution in [1.82, 2.24) is 4.90 Å². The first-order valence-corrected chi connectivity index (χ1v) is 8.04. The average molecular weight is 271 g/mol. The van der Waals surface area contributed by atoms with E-state index in [9.17, 15) is 0 Å². The SMILES string of the molecule is CCN1CC2(N)CC2(c2ccc(N3CCCC3)cc2)C1. The lowest BCUT2D eigenvalue weighted by atomic mass is 9.93. The van der Waals surface area contributed by atoms with Crippen LogP contribution in [-0.2, 0) is 5.41 Å². The maximum Gasteiger partial charge on any atom is 0.0404 e. The van der Waals surface area contributed by atoms with Crippen molar-refractivity contribution in [2.45, 2.75) is 37.1 Å². The van der Waals surface area contributed by atoms with Gasteiger partial charge >= 0.3 is 0 Å². The minimum absolute atomic E-state index is 0.0399. The molecular weight excluding hydrogens is 246 g/mol. The summed E-state index contributed by atoms with van der Waals surface area (Å²) in [6, 6.07) is 9.29. The zero-order valence-corrected chi connectivity index (χ0v) is 12.4. The van der Waals surface area contributed by atoms with Gasteiger partial charge in [-0.2, -0.15) is 0 Å². The molecule has 2 unspecified atom stereocenters. The van der Waals surface area contributed by atoms with E-state index < -0.39 is 0 Å². The number of benzene rings is 1. The Kier molecular flexibility index (Phi) is 2.67. The van der Waals surface area contributed by atoms with Gasteiger partial charge in [0.1, 0.15) is 0 Å². The normalized spacial score (nSPS) is 36.4. The Hall–Kier alpha value is -1.06. The second kappa shape index (κ2) is 4.22. The van der Waals surface area contributed by atoms with Crippen molar-refractivity contribution in [3.63, 3.8) is 0 Å². The van der Waals surface area contributed by atoms with Gasteiger partial charge in [0, 0.05) is 42.8 Å². The monoisotopic (exact) mass is 271 g/mol. The molecule has 0 spiro atoms. The van der Waals surface area contributed by atoms with E-state index >= 15 is 0 Å². The molecule has 0 bridgehead atoms. The fourth-order valence-corrected chi connectivity index (χ4v) is 4.42. The van der Waals surface area contributed by atoms with Crippen LogP contribution in [-0.4, -0.2) is 43.2 Å². The van der Waals surface area contributed by atoms with E-state index in [1.165, 1.54) is 43.6 Å². The molecule has 0 amide bonds. The van der Waals surface area contributed by atoms with Gasteiger partial charge in [0.25, 0.3) is 0 Å². The summed E-state index contributed by atoms with van der Waals surface area (Å²) in [6.07, 6.45) is 3.84. The topological polar surface area (TPSA) is 32.5 Å². The van der Waals surface area contributed by atoms with Crippen LogP contribution in [0.4, 0.5) is 5.69 Å². The second-order valence-corrected chi connectivity index (χ2v) is 6.96. The Morgan fingerprint density at radius 3 is 2.40 bits per heavy atom. The Labute approximate surface area is 121 Å². The summed E-state index contributed by atoms with van der Waals surface area (Å²) >= 11 is 0. The van der Waals surface area contributed by atoms with Crippen LogP contribution in [0.25, 0.3) is 0 Å². The first kappa shape index (κ1) is 12.7. The molecular formula is C17H25N3. The Morgan fingerprint density at radius 2 is 1.80 bits per heavy atom. The Balaban J connectivity index is 1.58. The molecule has 1 aromatic carbocycles. The van der Waals surface area contributed by atoms with Crippen LogP contribution in [0, 0.1) is 0 Å². The van der Waals surface area contributed by atoms with Crippen molar-refractivity contribution >= 4 is 5.69 Å². The standard InChI is InChI=1S/C17H25N3/c1-2-19-12-16(11-17(16,18)13-19)14-5-7-15(8-6-14)20-9-3-4-10-20/h5-8H,2-4,9-13,18H2,1H3. The van der Waals surface area contributed by atoms with Gasteiger partial charge in [-0.1, -0.05) is 19.1 Å². The van der Waals surface area contributed by atoms with Crippen molar-refractivity contribution in [2.75, 3.05) is 37.6 Å². The summed E-state index contributed by atoms with van der Waals surface area (Å²) in [5.41, 5.74) is 9.72. The van der Waals surface area contributed by atoms with E-state index in [0.717, 1.165) is 19.6 Å². The minimum atomic E-state index is 0.0399. The third-order valence-corrected chi connectivity index (χ3v) is 5.78. The maximum atomic E-state index is 6.59. The quantitative estimate of drug-likeness (QED) is 0.912. The zero-order valence-electron chi connectivity index (χ0n) is 12.4. The molecule has 3 heteroatoms. The molecule has 0 radical (unpaired) electrons. The predicted octanol–water partition coefficient (Wildman–Crippen LogP) is 1.96. The van der Waals surface area contributed by atoms with Crippen molar-refractivity contribution in [3.05, 3.63) is 29.8 Å². The second-order valence-electron chi connectivity index (χ2n) is 6.96. The number of hydrogen-bond donors (Lipinski definition) is 1. The number of fused-ring (bicyclic) bond motifs is 1. The summed E-state index contributed by atoms with van der Waals surface area (Å²) in [5, 5.41) is 0. The highest BCUT2D eigenvalue weighted by molar-refractivity contribution is 5.53. The lowest BCUT2D eigenvalue weighted by molar-refractivity contribution is 0.309. The number of rotatable bonds is 3. The van der Waals surface area contributed by atoms with Gasteiger partial charge in [0.15, 0.2) is 0 Å². The van der Waals surface area contributed by atoms with Crippen molar-refractivity contribution in [3.8, 4) is 0 Å². The highest BCUT2D eigenvalue weighted by Crippen LogP contribution is 2.60. The highest BCUT2D eigenvalue weighted by atomic mass is 15.2. The van der Waals surface area contributed by atoms with E-state index in [1.54, 1.807) is 0 Å². The molecule has 1 aliphatic carbocycles. The summed E-state index contributed by atoms with van der Waals surface area (Å²) in [5.74, 6) is 0. The summed E-state index contributed by atoms with van der Waals surface area (Å²) < 4.78 is 0. The third-order valence-electron chi connectivity index (χ3n) is 5.78. The predicted molar refractivity (Wildman–Crippen MR) is 83.2 cm³/mol. The van der Waals surface area contributed by atoms with Crippen molar-refractivity contribution in [2.24, 2.45) is 5.73 Å². The van der Waals surface area contributed by atoms with Crippen LogP contribution in [0.1, 0.15) is 31.7 Å². The molecule has 2 aliphatic heterocycles. The number of nitrogens with two attached hydrogens (primary N) is 1. The van der Waals surface area contributed by atoms with Crippen LogP contribution >= 0.6 is 0 Å². The molecule has 2 heterocycles. The molecule has 20 heavy (non-hydrogen) atoms. The van der Waals surface area contributed by atoms with Crippen LogP contribution < -0.4 is 10.6 Å². The van der Waals surface area contributed by atoms with E-state index in [0.29, 0.717) is 0 Å². The number of hydrogen-bond acceptors (Lipinski definition) is 3. The smallest absolute Gasteiger partial charge is 0.0404 e. The third kappa shape index (κ3) is 1.66. The molecule has 1 saturated carbocycles. The fourth-order valence-electron chi connectivity index (χ4n) is 4.42. The first-order chi connectivity index (χ1) is 9.67. The average Bonchev–Trinajstić information content (AvgIpc) is 2.89. The Bertz CT molecular complexity index is 505. The van der Waals surface area contributed by atoms with Crippen LogP contribution in [0.2, 0.25) is 0 Å². The Morgan fingerprint density at radius 1 is 1.10 bits per heavy atom. The zero-order chi connectivity index (χ0) is 13.8. The maximum absolute atomic E-state index is 6.59. The van der Waals surface area contributed by atoms with Gasteiger partial charge in [-0.25, -0.2) is 0 Å². The molecule has 4 rings (SSSR count). The molecule has 108 valence electrons. The van der Waals surface area contributed by atoms with Gasteiger partial charge in [-0.3, -0.25) is 0 Å². The largest absolute Gasteiger partial charge is 0.372 e. The molecule has 0 aromatic heterocycles. The van der Waals surface area contributed by atoms with Crippen molar-refractivity contribution in [1.29, 1.82) is 0 Å². The van der Waals surface area contributed by atoms with E-state index in [1.807, 2.05) is 0 Å². The van der Waals surface area contributed by atoms with Gasteiger partial charge in [-0.15, -0.1) is 0 Å². The molecule has 3 fully saturated rings. The fraction of sp³-hybridized carbons (Fsp3) is 0.647. The number of nitrogens with zero attached hydrogens (tertiary/aromatic N) is 2. The van der Waals surface area contributed by atoms with Gasteiger partial charge in [0.2, 0.25) is 0 Å². The number of piperidine rings is 1. The van der Waals surface area contributed by atoms with Crippen LogP contribution in [0.3, 0.4) is 0 Å². The summed E-state index contributed by atoms with van der Waals surface area (Å²) in [7, 11) is 0. The summed E-state index contributed by atoms with van der Waals surface area (Å²) in [4.78, 5) is 4.99. The number of anilines is 1. The number of likely N-dealkylation sites (tertiary alicyclic amines) is 1. The summed E-state index contributed by atoms with van der Waals surface area (Å²) in [6.45, 7) is 8.00. The molecule has 3 nitrogen and oxygen atoms in total. The van der Waals surface area contributed by atoms with Gasteiger partial charge < -0.3 is 15.5 Å². The van der Waals surface area contributed by atoms with E-state index in [2.05, 4.69) is 41.0 Å². The first-order valence-electron chi connectivity index (χ1n) is 8.04. The molecule has 2 atom stereocenters. The van der Waals surface area contributed by atoms with Gasteiger partial charge in [-0.05, 0) is 43.5 Å². The number of likely N-dealkylation sites (N-methyl/N-ethyl adjacent to an activating group) is 1. The molecule has 3 aliphatic rings. The minimum Gasteiger partial charge on any atom is -0.372 e.